The highest BCUT2D eigenvalue weighted by Gasteiger charge is 2.19. The van der Waals surface area contributed by atoms with Crippen LogP contribution in [0, 0.1) is 24.0 Å². The molecule has 2 rings (SSSR count). The van der Waals surface area contributed by atoms with Crippen molar-refractivity contribution in [2.75, 3.05) is 0 Å². The van der Waals surface area contributed by atoms with E-state index in [-0.39, 0.29) is 22.6 Å². The number of para-hydroxylation sites is 1. The molecule has 98 valence electrons. The topological polar surface area (TPSA) is 78.2 Å². The summed E-state index contributed by atoms with van der Waals surface area (Å²) < 4.78 is 5.54. The Labute approximate surface area is 114 Å². The molecule has 0 unspecified atom stereocenters. The largest absolute Gasteiger partial charge is 0.431 e. The maximum Gasteiger partial charge on any atom is 0.311 e. The lowest BCUT2D eigenvalue weighted by Crippen LogP contribution is -1.99. The van der Waals surface area contributed by atoms with Crippen LogP contribution in [0.15, 0.2) is 24.4 Å². The van der Waals surface area contributed by atoms with Crippen molar-refractivity contribution < 1.29 is 9.66 Å². The number of halogens is 1. The number of aryl methyl sites for hydroxylation is 2. The SMILES string of the molecule is Cc1cnc(Cl)nc1Oc1c(C)cccc1[N+](=O)[O-]. The van der Waals surface area contributed by atoms with Crippen LogP contribution < -0.4 is 4.74 Å². The third-order valence-electron chi connectivity index (χ3n) is 2.48. The zero-order valence-corrected chi connectivity index (χ0v) is 11.0. The molecular weight excluding hydrogens is 270 g/mol. The van der Waals surface area contributed by atoms with Crippen molar-refractivity contribution >= 4 is 17.3 Å². The number of hydrogen-bond acceptors (Lipinski definition) is 5. The molecule has 0 bridgehead atoms. The van der Waals surface area contributed by atoms with Gasteiger partial charge in [0.05, 0.1) is 4.92 Å². The van der Waals surface area contributed by atoms with Crippen LogP contribution in [0.4, 0.5) is 5.69 Å². The van der Waals surface area contributed by atoms with Crippen LogP contribution in [-0.2, 0) is 0 Å². The monoisotopic (exact) mass is 279 g/mol. The number of hydrogen-bond donors (Lipinski definition) is 0. The average molecular weight is 280 g/mol. The zero-order valence-electron chi connectivity index (χ0n) is 10.3. The minimum absolute atomic E-state index is 0.0248. The number of benzene rings is 1. The van der Waals surface area contributed by atoms with Gasteiger partial charge in [-0.3, -0.25) is 10.1 Å². The van der Waals surface area contributed by atoms with Gasteiger partial charge in [-0.05, 0) is 31.0 Å². The summed E-state index contributed by atoms with van der Waals surface area (Å²) in [4.78, 5) is 18.2. The molecule has 0 atom stereocenters. The predicted molar refractivity (Wildman–Crippen MR) is 69.7 cm³/mol. The van der Waals surface area contributed by atoms with Gasteiger partial charge in [0, 0.05) is 17.8 Å². The Balaban J connectivity index is 2.49. The van der Waals surface area contributed by atoms with E-state index in [1.165, 1.54) is 12.3 Å². The lowest BCUT2D eigenvalue weighted by molar-refractivity contribution is -0.385. The standard InChI is InChI=1S/C12H10ClN3O3/c1-7-4-3-5-9(16(17)18)10(7)19-11-8(2)6-14-12(13)15-11/h3-6H,1-2H3. The zero-order chi connectivity index (χ0) is 14.0. The highest BCUT2D eigenvalue weighted by Crippen LogP contribution is 2.34. The highest BCUT2D eigenvalue weighted by molar-refractivity contribution is 6.28. The van der Waals surface area contributed by atoms with E-state index in [1.54, 1.807) is 26.0 Å². The van der Waals surface area contributed by atoms with Crippen LogP contribution in [-0.4, -0.2) is 14.9 Å². The molecule has 0 aliphatic carbocycles. The van der Waals surface area contributed by atoms with Crippen LogP contribution in [0.1, 0.15) is 11.1 Å². The molecule has 0 amide bonds. The number of nitro benzene ring substituents is 1. The molecule has 2 aromatic rings. The quantitative estimate of drug-likeness (QED) is 0.488. The molecule has 1 heterocycles. The van der Waals surface area contributed by atoms with Gasteiger partial charge < -0.3 is 4.74 Å². The normalized spacial score (nSPS) is 10.3. The Bertz CT molecular complexity index is 646. The molecule has 0 saturated carbocycles. The highest BCUT2D eigenvalue weighted by atomic mass is 35.5. The summed E-state index contributed by atoms with van der Waals surface area (Å²) in [5.41, 5.74) is 1.17. The van der Waals surface area contributed by atoms with Crippen LogP contribution in [0.3, 0.4) is 0 Å². The predicted octanol–water partition coefficient (Wildman–Crippen LogP) is 3.45. The molecule has 0 spiro atoms. The molecule has 6 nitrogen and oxygen atoms in total. The van der Waals surface area contributed by atoms with Crippen LogP contribution in [0.2, 0.25) is 5.28 Å². The van der Waals surface area contributed by atoms with Gasteiger partial charge in [0.2, 0.25) is 16.9 Å². The number of nitrogens with zero attached hydrogens (tertiary/aromatic N) is 3. The maximum atomic E-state index is 11.0. The molecular formula is C12H10ClN3O3. The minimum atomic E-state index is -0.500. The first-order valence-electron chi connectivity index (χ1n) is 5.40. The van der Waals surface area contributed by atoms with Crippen molar-refractivity contribution in [3.05, 3.63) is 50.9 Å². The molecule has 0 fully saturated rings. The van der Waals surface area contributed by atoms with Gasteiger partial charge in [0.25, 0.3) is 0 Å². The van der Waals surface area contributed by atoms with Gasteiger partial charge in [0.1, 0.15) is 0 Å². The summed E-state index contributed by atoms with van der Waals surface area (Å²) in [6, 6.07) is 4.70. The lowest BCUT2D eigenvalue weighted by Gasteiger charge is -2.09. The van der Waals surface area contributed by atoms with E-state index in [1.807, 2.05) is 0 Å². The summed E-state index contributed by atoms with van der Waals surface area (Å²) in [5, 5.41) is 11.0. The molecule has 0 radical (unpaired) electrons. The minimum Gasteiger partial charge on any atom is -0.431 e. The average Bonchev–Trinajstić information content (AvgIpc) is 2.35. The first-order valence-corrected chi connectivity index (χ1v) is 5.78. The van der Waals surface area contributed by atoms with E-state index in [9.17, 15) is 10.1 Å². The summed E-state index contributed by atoms with van der Waals surface area (Å²) in [5.74, 6) is 0.364. The van der Waals surface area contributed by atoms with Crippen LogP contribution >= 0.6 is 11.6 Å². The maximum absolute atomic E-state index is 11.0. The fourth-order valence-corrected chi connectivity index (χ4v) is 1.65. The lowest BCUT2D eigenvalue weighted by atomic mass is 10.2. The summed E-state index contributed by atoms with van der Waals surface area (Å²) in [6.07, 6.45) is 1.49. The van der Waals surface area contributed by atoms with Crippen molar-refractivity contribution in [1.29, 1.82) is 0 Å². The van der Waals surface area contributed by atoms with E-state index in [0.717, 1.165) is 0 Å². The van der Waals surface area contributed by atoms with Crippen molar-refractivity contribution in [2.45, 2.75) is 13.8 Å². The fraction of sp³-hybridized carbons (Fsp3) is 0.167. The Hall–Kier alpha value is -2.21. The summed E-state index contributed by atoms with van der Waals surface area (Å²) in [7, 11) is 0. The molecule has 0 aliphatic rings. The Morgan fingerprint density at radius 2 is 2.05 bits per heavy atom. The van der Waals surface area contributed by atoms with E-state index in [2.05, 4.69) is 9.97 Å². The molecule has 1 aromatic carbocycles. The number of ether oxygens (including phenoxy) is 1. The van der Waals surface area contributed by atoms with Crippen molar-refractivity contribution in [3.63, 3.8) is 0 Å². The van der Waals surface area contributed by atoms with Gasteiger partial charge in [0.15, 0.2) is 0 Å². The van der Waals surface area contributed by atoms with Gasteiger partial charge >= 0.3 is 5.69 Å². The molecule has 0 aliphatic heterocycles. The first kappa shape index (κ1) is 13.2. The Morgan fingerprint density at radius 1 is 1.32 bits per heavy atom. The number of nitro groups is 1. The molecule has 1 aromatic heterocycles. The summed E-state index contributed by atoms with van der Waals surface area (Å²) in [6.45, 7) is 3.45. The third-order valence-corrected chi connectivity index (χ3v) is 2.66. The second-order valence-electron chi connectivity index (χ2n) is 3.91. The third kappa shape index (κ3) is 2.79. The van der Waals surface area contributed by atoms with Gasteiger partial charge in [-0.1, -0.05) is 12.1 Å². The molecule has 0 saturated heterocycles. The van der Waals surface area contributed by atoms with E-state index in [4.69, 9.17) is 16.3 Å². The Morgan fingerprint density at radius 3 is 2.74 bits per heavy atom. The summed E-state index contributed by atoms with van der Waals surface area (Å²) >= 11 is 5.69. The Kier molecular flexibility index (Phi) is 3.62. The van der Waals surface area contributed by atoms with Gasteiger partial charge in [-0.2, -0.15) is 4.98 Å². The van der Waals surface area contributed by atoms with Crippen LogP contribution in [0.25, 0.3) is 0 Å². The van der Waals surface area contributed by atoms with E-state index in [0.29, 0.717) is 11.1 Å². The molecule has 7 heteroatoms. The van der Waals surface area contributed by atoms with E-state index < -0.39 is 4.92 Å². The van der Waals surface area contributed by atoms with Crippen molar-refractivity contribution in [1.82, 2.24) is 9.97 Å². The van der Waals surface area contributed by atoms with Gasteiger partial charge in [-0.15, -0.1) is 0 Å². The molecule has 19 heavy (non-hydrogen) atoms. The second kappa shape index (κ2) is 5.19. The number of rotatable bonds is 3. The number of aromatic nitrogens is 2. The van der Waals surface area contributed by atoms with Gasteiger partial charge in [-0.25, -0.2) is 4.98 Å². The first-order chi connectivity index (χ1) is 8.99. The molecule has 0 N–H and O–H groups in total. The van der Waals surface area contributed by atoms with Crippen LogP contribution in [0.5, 0.6) is 11.6 Å². The smallest absolute Gasteiger partial charge is 0.311 e. The fourth-order valence-electron chi connectivity index (χ4n) is 1.52. The second-order valence-corrected chi connectivity index (χ2v) is 4.25. The van der Waals surface area contributed by atoms with Crippen molar-refractivity contribution in [2.24, 2.45) is 0 Å². The van der Waals surface area contributed by atoms with E-state index >= 15 is 0 Å². The van der Waals surface area contributed by atoms with Crippen molar-refractivity contribution in [3.8, 4) is 11.6 Å².